The molecule has 2 aliphatic rings. The second-order valence-electron chi connectivity index (χ2n) is 5.49. The van der Waals surface area contributed by atoms with Gasteiger partial charge in [-0.2, -0.15) is 0 Å². The van der Waals surface area contributed by atoms with Crippen molar-refractivity contribution in [2.45, 2.75) is 57.2 Å². The van der Waals surface area contributed by atoms with Gasteiger partial charge in [-0.1, -0.05) is 0 Å². The first-order valence-electron chi connectivity index (χ1n) is 7.43. The molecule has 1 N–H and O–H groups in total. The molecule has 0 aromatic heterocycles. The Morgan fingerprint density at radius 1 is 1.21 bits per heavy atom. The van der Waals surface area contributed by atoms with Crippen molar-refractivity contribution in [3.8, 4) is 0 Å². The van der Waals surface area contributed by atoms with Crippen molar-refractivity contribution >= 4 is 6.09 Å². The van der Waals surface area contributed by atoms with Crippen molar-refractivity contribution in [3.05, 3.63) is 0 Å². The molecule has 1 saturated carbocycles. The molecule has 5 heteroatoms. The van der Waals surface area contributed by atoms with Gasteiger partial charge in [-0.3, -0.25) is 0 Å². The van der Waals surface area contributed by atoms with E-state index >= 15 is 0 Å². The molecule has 1 amide bonds. The van der Waals surface area contributed by atoms with E-state index in [1.54, 1.807) is 7.11 Å². The number of hydrogen-bond acceptors (Lipinski definition) is 4. The van der Waals surface area contributed by atoms with E-state index in [-0.39, 0.29) is 6.09 Å². The maximum Gasteiger partial charge on any atom is 0.409 e. The SMILES string of the molecule is CCOC(=O)N1CCC(NC2CCC(OC)C2)CC1. The fourth-order valence-electron chi connectivity index (χ4n) is 3.08. The maximum atomic E-state index is 11.6. The van der Waals surface area contributed by atoms with Crippen molar-refractivity contribution in [3.63, 3.8) is 0 Å². The van der Waals surface area contributed by atoms with E-state index in [1.807, 2.05) is 11.8 Å². The fourth-order valence-corrected chi connectivity index (χ4v) is 3.08. The minimum Gasteiger partial charge on any atom is -0.450 e. The molecule has 0 bridgehead atoms. The summed E-state index contributed by atoms with van der Waals surface area (Å²) in [5, 5.41) is 3.71. The molecule has 0 spiro atoms. The second kappa shape index (κ2) is 7.10. The predicted molar refractivity (Wildman–Crippen MR) is 73.2 cm³/mol. The number of rotatable bonds is 4. The van der Waals surface area contributed by atoms with Gasteiger partial charge in [0, 0.05) is 32.3 Å². The molecule has 2 fully saturated rings. The van der Waals surface area contributed by atoms with Crippen LogP contribution in [0.2, 0.25) is 0 Å². The number of carbonyl (C=O) groups excluding carboxylic acids is 1. The molecule has 5 nitrogen and oxygen atoms in total. The Kier molecular flexibility index (Phi) is 5.45. The summed E-state index contributed by atoms with van der Waals surface area (Å²) in [5.41, 5.74) is 0. The summed E-state index contributed by atoms with van der Waals surface area (Å²) in [5.74, 6) is 0. The zero-order valence-corrected chi connectivity index (χ0v) is 12.1. The third-order valence-electron chi connectivity index (χ3n) is 4.21. The van der Waals surface area contributed by atoms with Gasteiger partial charge in [0.25, 0.3) is 0 Å². The molecular formula is C14H26N2O3. The third kappa shape index (κ3) is 4.08. The molecule has 0 radical (unpaired) electrons. The first-order chi connectivity index (χ1) is 9.22. The number of carbonyl (C=O) groups is 1. The highest BCUT2D eigenvalue weighted by Gasteiger charge is 2.29. The van der Waals surface area contributed by atoms with Crippen LogP contribution in [0.5, 0.6) is 0 Å². The molecular weight excluding hydrogens is 244 g/mol. The standard InChI is InChI=1S/C14H26N2O3/c1-3-19-14(17)16-8-6-11(7-9-16)15-12-4-5-13(10-12)18-2/h11-13,15H,3-10H2,1-2H3. The average Bonchev–Trinajstić information content (AvgIpc) is 2.87. The Labute approximate surface area is 115 Å². The van der Waals surface area contributed by atoms with Crippen molar-refractivity contribution in [2.24, 2.45) is 0 Å². The van der Waals surface area contributed by atoms with Crippen LogP contribution in [-0.4, -0.2) is 56.0 Å². The topological polar surface area (TPSA) is 50.8 Å². The van der Waals surface area contributed by atoms with Gasteiger partial charge >= 0.3 is 6.09 Å². The summed E-state index contributed by atoms with van der Waals surface area (Å²) in [6.45, 7) is 3.91. The smallest absolute Gasteiger partial charge is 0.409 e. The first kappa shape index (κ1) is 14.6. The summed E-state index contributed by atoms with van der Waals surface area (Å²) in [7, 11) is 1.80. The number of amides is 1. The third-order valence-corrected chi connectivity index (χ3v) is 4.21. The summed E-state index contributed by atoms with van der Waals surface area (Å²) in [6, 6.07) is 1.12. The number of methoxy groups -OCH3 is 1. The molecule has 110 valence electrons. The molecule has 1 saturated heterocycles. The summed E-state index contributed by atoms with van der Waals surface area (Å²) >= 11 is 0. The van der Waals surface area contributed by atoms with Gasteiger partial charge < -0.3 is 19.7 Å². The number of ether oxygens (including phenoxy) is 2. The Morgan fingerprint density at radius 2 is 1.95 bits per heavy atom. The first-order valence-corrected chi connectivity index (χ1v) is 7.43. The van der Waals surface area contributed by atoms with Gasteiger partial charge in [0.15, 0.2) is 0 Å². The lowest BCUT2D eigenvalue weighted by Crippen LogP contribution is -2.47. The van der Waals surface area contributed by atoms with Gasteiger partial charge in [0.1, 0.15) is 0 Å². The number of hydrogen-bond donors (Lipinski definition) is 1. The molecule has 0 aromatic rings. The van der Waals surface area contributed by atoms with Crippen LogP contribution < -0.4 is 5.32 Å². The van der Waals surface area contributed by atoms with E-state index in [4.69, 9.17) is 9.47 Å². The Bertz CT molecular complexity index is 290. The Balaban J connectivity index is 1.68. The molecule has 1 aliphatic heterocycles. The second-order valence-corrected chi connectivity index (χ2v) is 5.49. The minimum absolute atomic E-state index is 0.165. The highest BCUT2D eigenvalue weighted by Crippen LogP contribution is 2.23. The van der Waals surface area contributed by atoms with Crippen LogP contribution in [0.15, 0.2) is 0 Å². The summed E-state index contributed by atoms with van der Waals surface area (Å²) in [6.07, 6.45) is 5.79. The molecule has 2 atom stereocenters. The molecule has 1 heterocycles. The lowest BCUT2D eigenvalue weighted by molar-refractivity contribution is 0.0927. The monoisotopic (exact) mass is 270 g/mol. The van der Waals surface area contributed by atoms with Crippen molar-refractivity contribution in [1.82, 2.24) is 10.2 Å². The fraction of sp³-hybridized carbons (Fsp3) is 0.929. The molecule has 0 aromatic carbocycles. The van der Waals surface area contributed by atoms with E-state index in [2.05, 4.69) is 5.32 Å². The van der Waals surface area contributed by atoms with E-state index in [0.717, 1.165) is 38.8 Å². The highest BCUT2D eigenvalue weighted by molar-refractivity contribution is 5.67. The van der Waals surface area contributed by atoms with Crippen LogP contribution in [0.4, 0.5) is 4.79 Å². The van der Waals surface area contributed by atoms with Crippen LogP contribution in [0.25, 0.3) is 0 Å². The van der Waals surface area contributed by atoms with E-state index in [0.29, 0.717) is 24.8 Å². The van der Waals surface area contributed by atoms with E-state index < -0.39 is 0 Å². The van der Waals surface area contributed by atoms with Gasteiger partial charge in [-0.05, 0) is 39.0 Å². The summed E-state index contributed by atoms with van der Waals surface area (Å²) < 4.78 is 10.4. The Hall–Kier alpha value is -0.810. The number of piperidine rings is 1. The lowest BCUT2D eigenvalue weighted by atomic mass is 10.0. The average molecular weight is 270 g/mol. The number of nitrogens with zero attached hydrogens (tertiary/aromatic N) is 1. The van der Waals surface area contributed by atoms with Gasteiger partial charge in [-0.15, -0.1) is 0 Å². The normalized spacial score (nSPS) is 28.6. The molecule has 1 aliphatic carbocycles. The number of nitrogens with one attached hydrogen (secondary N) is 1. The van der Waals surface area contributed by atoms with E-state index in [9.17, 15) is 4.79 Å². The largest absolute Gasteiger partial charge is 0.450 e. The summed E-state index contributed by atoms with van der Waals surface area (Å²) in [4.78, 5) is 13.4. The highest BCUT2D eigenvalue weighted by atomic mass is 16.6. The predicted octanol–water partition coefficient (Wildman–Crippen LogP) is 1.76. The quantitative estimate of drug-likeness (QED) is 0.846. The lowest BCUT2D eigenvalue weighted by Gasteiger charge is -2.33. The Morgan fingerprint density at radius 3 is 2.53 bits per heavy atom. The maximum absolute atomic E-state index is 11.6. The van der Waals surface area contributed by atoms with Gasteiger partial charge in [0.05, 0.1) is 12.7 Å². The zero-order chi connectivity index (χ0) is 13.7. The van der Waals surface area contributed by atoms with E-state index in [1.165, 1.54) is 6.42 Å². The zero-order valence-electron chi connectivity index (χ0n) is 12.1. The van der Waals surface area contributed by atoms with Crippen LogP contribution in [0.3, 0.4) is 0 Å². The van der Waals surface area contributed by atoms with Crippen LogP contribution >= 0.6 is 0 Å². The molecule has 2 rings (SSSR count). The molecule has 2 unspecified atom stereocenters. The minimum atomic E-state index is -0.165. The van der Waals surface area contributed by atoms with Crippen molar-refractivity contribution in [2.75, 3.05) is 26.8 Å². The van der Waals surface area contributed by atoms with Crippen molar-refractivity contribution in [1.29, 1.82) is 0 Å². The van der Waals surface area contributed by atoms with Crippen LogP contribution in [-0.2, 0) is 9.47 Å². The van der Waals surface area contributed by atoms with Crippen LogP contribution in [0, 0.1) is 0 Å². The van der Waals surface area contributed by atoms with Crippen molar-refractivity contribution < 1.29 is 14.3 Å². The van der Waals surface area contributed by atoms with Gasteiger partial charge in [0.2, 0.25) is 0 Å². The number of likely N-dealkylation sites (tertiary alicyclic amines) is 1. The van der Waals surface area contributed by atoms with Crippen LogP contribution in [0.1, 0.15) is 39.0 Å². The van der Waals surface area contributed by atoms with Gasteiger partial charge in [-0.25, -0.2) is 4.79 Å². The molecule has 19 heavy (non-hydrogen) atoms.